The molecule has 2 N–H and O–H groups in total. The Balaban J connectivity index is 1.79. The molecule has 0 radical (unpaired) electrons. The Morgan fingerprint density at radius 3 is 2.21 bits per heavy atom. The summed E-state index contributed by atoms with van der Waals surface area (Å²) in [7, 11) is 3.14. The van der Waals surface area contributed by atoms with Gasteiger partial charge in [-0.15, -0.1) is 11.8 Å². The molecule has 0 heterocycles. The minimum absolute atomic E-state index is 0.147. The molecule has 156 valence electrons. The van der Waals surface area contributed by atoms with E-state index in [0.29, 0.717) is 30.4 Å². The molecule has 2 amide bonds. The molecule has 0 bridgehead atoms. The van der Waals surface area contributed by atoms with Crippen molar-refractivity contribution in [2.24, 2.45) is 0 Å². The molecule has 0 fully saturated rings. The van der Waals surface area contributed by atoms with E-state index < -0.39 is 0 Å². The van der Waals surface area contributed by atoms with E-state index in [1.54, 1.807) is 32.4 Å². The predicted octanol–water partition coefficient (Wildman–Crippen LogP) is 3.34. The highest BCUT2D eigenvalue weighted by Crippen LogP contribution is 2.30. The standard InChI is InChI=1S/C21H26N2O5S/c1-15-5-4-6-16(11-15)22-20(24)13-29-14-21(25)23-17-7-8-18(27-3)19(12-17)28-10-9-26-2/h4-8,11-12H,9-10,13-14H2,1-3H3,(H,22,24)(H,23,25). The normalized spacial score (nSPS) is 10.3. The highest BCUT2D eigenvalue weighted by molar-refractivity contribution is 8.00. The average Bonchev–Trinajstić information content (AvgIpc) is 2.68. The lowest BCUT2D eigenvalue weighted by molar-refractivity contribution is -0.114. The van der Waals surface area contributed by atoms with Gasteiger partial charge >= 0.3 is 0 Å². The Morgan fingerprint density at radius 1 is 0.897 bits per heavy atom. The Kier molecular flexibility index (Phi) is 9.33. The first kappa shape index (κ1) is 22.6. The summed E-state index contributed by atoms with van der Waals surface area (Å²) in [4.78, 5) is 24.2. The zero-order valence-electron chi connectivity index (χ0n) is 16.8. The van der Waals surface area contributed by atoms with Gasteiger partial charge in [-0.1, -0.05) is 12.1 Å². The van der Waals surface area contributed by atoms with Gasteiger partial charge in [-0.25, -0.2) is 0 Å². The lowest BCUT2D eigenvalue weighted by Crippen LogP contribution is -2.18. The van der Waals surface area contributed by atoms with Crippen molar-refractivity contribution < 1.29 is 23.8 Å². The number of nitrogens with one attached hydrogen (secondary N) is 2. The van der Waals surface area contributed by atoms with Crippen LogP contribution in [0.25, 0.3) is 0 Å². The summed E-state index contributed by atoms with van der Waals surface area (Å²) in [6.07, 6.45) is 0. The SMILES string of the molecule is COCCOc1cc(NC(=O)CSCC(=O)Nc2cccc(C)c2)ccc1OC. The van der Waals surface area contributed by atoms with Gasteiger partial charge in [0.25, 0.3) is 0 Å². The lowest BCUT2D eigenvalue weighted by atomic mass is 10.2. The van der Waals surface area contributed by atoms with E-state index in [4.69, 9.17) is 14.2 Å². The van der Waals surface area contributed by atoms with E-state index in [2.05, 4.69) is 10.6 Å². The van der Waals surface area contributed by atoms with Crippen LogP contribution in [0, 0.1) is 6.92 Å². The first-order valence-electron chi connectivity index (χ1n) is 9.05. The predicted molar refractivity (Wildman–Crippen MR) is 116 cm³/mol. The molecule has 0 atom stereocenters. The topological polar surface area (TPSA) is 85.9 Å². The van der Waals surface area contributed by atoms with Gasteiger partial charge in [0.1, 0.15) is 6.61 Å². The highest BCUT2D eigenvalue weighted by Gasteiger charge is 2.10. The number of methoxy groups -OCH3 is 2. The van der Waals surface area contributed by atoms with Crippen molar-refractivity contribution in [3.63, 3.8) is 0 Å². The molecule has 0 aliphatic carbocycles. The molecule has 0 saturated carbocycles. The van der Waals surface area contributed by atoms with Gasteiger partial charge in [0.2, 0.25) is 11.8 Å². The first-order chi connectivity index (χ1) is 14.0. The number of hydrogen-bond acceptors (Lipinski definition) is 6. The average molecular weight is 419 g/mol. The van der Waals surface area contributed by atoms with Gasteiger partial charge in [0.15, 0.2) is 11.5 Å². The van der Waals surface area contributed by atoms with Crippen molar-refractivity contribution >= 4 is 35.0 Å². The van der Waals surface area contributed by atoms with E-state index in [-0.39, 0.29) is 23.3 Å². The molecule has 0 unspecified atom stereocenters. The van der Waals surface area contributed by atoms with E-state index in [9.17, 15) is 9.59 Å². The fraction of sp³-hybridized carbons (Fsp3) is 0.333. The largest absolute Gasteiger partial charge is 0.493 e. The van der Waals surface area contributed by atoms with Crippen molar-refractivity contribution in [2.75, 3.05) is 49.6 Å². The summed E-state index contributed by atoms with van der Waals surface area (Å²) >= 11 is 1.24. The third-order valence-electron chi connectivity index (χ3n) is 3.76. The van der Waals surface area contributed by atoms with Gasteiger partial charge in [-0.3, -0.25) is 9.59 Å². The number of amides is 2. The van der Waals surface area contributed by atoms with Crippen molar-refractivity contribution in [1.29, 1.82) is 0 Å². The number of benzene rings is 2. The maximum Gasteiger partial charge on any atom is 0.234 e. The molecule has 8 heteroatoms. The fourth-order valence-electron chi connectivity index (χ4n) is 2.46. The number of carbonyl (C=O) groups excluding carboxylic acids is 2. The van der Waals surface area contributed by atoms with Crippen LogP contribution in [0.3, 0.4) is 0 Å². The molecule has 29 heavy (non-hydrogen) atoms. The van der Waals surface area contributed by atoms with Crippen molar-refractivity contribution in [1.82, 2.24) is 0 Å². The number of thioether (sulfide) groups is 1. The lowest BCUT2D eigenvalue weighted by Gasteiger charge is -2.12. The van der Waals surface area contributed by atoms with Crippen LogP contribution in [0.5, 0.6) is 11.5 Å². The van der Waals surface area contributed by atoms with Crippen LogP contribution in [0.2, 0.25) is 0 Å². The van der Waals surface area contributed by atoms with Crippen LogP contribution in [0.15, 0.2) is 42.5 Å². The smallest absolute Gasteiger partial charge is 0.234 e. The number of anilines is 2. The van der Waals surface area contributed by atoms with Gasteiger partial charge in [-0.05, 0) is 36.8 Å². The maximum atomic E-state index is 12.2. The van der Waals surface area contributed by atoms with Crippen LogP contribution in [0.1, 0.15) is 5.56 Å². The zero-order valence-corrected chi connectivity index (χ0v) is 17.6. The van der Waals surface area contributed by atoms with Crippen LogP contribution >= 0.6 is 11.8 Å². The third kappa shape index (κ3) is 8.05. The monoisotopic (exact) mass is 418 g/mol. The number of ether oxygens (including phenoxy) is 3. The van der Waals surface area contributed by atoms with E-state index in [1.807, 2.05) is 31.2 Å². The summed E-state index contributed by atoms with van der Waals surface area (Å²) in [6, 6.07) is 12.7. The number of aryl methyl sites for hydroxylation is 1. The molecule has 0 aromatic heterocycles. The second-order valence-corrected chi connectivity index (χ2v) is 7.15. The number of rotatable bonds is 11. The van der Waals surface area contributed by atoms with Crippen molar-refractivity contribution in [3.8, 4) is 11.5 Å². The summed E-state index contributed by atoms with van der Waals surface area (Å²) in [5, 5.41) is 5.62. The molecule has 0 saturated heterocycles. The summed E-state index contributed by atoms with van der Waals surface area (Å²) in [5.74, 6) is 1.09. The maximum absolute atomic E-state index is 12.2. The Bertz CT molecular complexity index is 828. The van der Waals surface area contributed by atoms with E-state index in [1.165, 1.54) is 11.8 Å². The van der Waals surface area contributed by atoms with E-state index >= 15 is 0 Å². The highest BCUT2D eigenvalue weighted by atomic mass is 32.2. The van der Waals surface area contributed by atoms with Crippen LogP contribution < -0.4 is 20.1 Å². The Labute approximate surface area is 175 Å². The Hall–Kier alpha value is -2.71. The number of carbonyl (C=O) groups is 2. The molecular weight excluding hydrogens is 392 g/mol. The molecule has 2 aromatic carbocycles. The fourth-order valence-corrected chi connectivity index (χ4v) is 3.07. The second kappa shape index (κ2) is 12.0. The van der Waals surface area contributed by atoms with Crippen molar-refractivity contribution in [2.45, 2.75) is 6.92 Å². The van der Waals surface area contributed by atoms with Crippen LogP contribution in [-0.2, 0) is 14.3 Å². The quantitative estimate of drug-likeness (QED) is 0.545. The summed E-state index contributed by atoms with van der Waals surface area (Å²) in [5.41, 5.74) is 2.41. The minimum Gasteiger partial charge on any atom is -0.493 e. The summed E-state index contributed by atoms with van der Waals surface area (Å²) < 4.78 is 15.8. The first-order valence-corrected chi connectivity index (χ1v) is 10.2. The van der Waals surface area contributed by atoms with Crippen LogP contribution in [0.4, 0.5) is 11.4 Å². The third-order valence-corrected chi connectivity index (χ3v) is 4.69. The molecule has 7 nitrogen and oxygen atoms in total. The molecule has 2 aromatic rings. The van der Waals surface area contributed by atoms with Crippen LogP contribution in [-0.4, -0.2) is 50.8 Å². The molecule has 0 aliphatic rings. The van der Waals surface area contributed by atoms with Gasteiger partial charge in [-0.2, -0.15) is 0 Å². The molecule has 0 spiro atoms. The van der Waals surface area contributed by atoms with Gasteiger partial charge in [0, 0.05) is 24.6 Å². The van der Waals surface area contributed by atoms with Gasteiger partial charge in [0.05, 0.1) is 25.2 Å². The van der Waals surface area contributed by atoms with E-state index in [0.717, 1.165) is 11.3 Å². The van der Waals surface area contributed by atoms with Crippen molar-refractivity contribution in [3.05, 3.63) is 48.0 Å². The second-order valence-electron chi connectivity index (χ2n) is 6.17. The molecular formula is C21H26N2O5S. The zero-order chi connectivity index (χ0) is 21.1. The minimum atomic E-state index is -0.202. The summed E-state index contributed by atoms with van der Waals surface area (Å²) in [6.45, 7) is 2.78. The Morgan fingerprint density at radius 2 is 1.59 bits per heavy atom. The van der Waals surface area contributed by atoms with Gasteiger partial charge < -0.3 is 24.8 Å². The molecule has 0 aliphatic heterocycles. The molecule has 2 rings (SSSR count). The number of hydrogen-bond donors (Lipinski definition) is 2.